The number of unbranched alkanes of at least 4 members (excludes halogenated alkanes) is 1. The van der Waals surface area contributed by atoms with E-state index in [2.05, 4.69) is 9.97 Å². The number of hydrogen-bond donors (Lipinski definition) is 2. The van der Waals surface area contributed by atoms with Crippen molar-refractivity contribution in [2.45, 2.75) is 19.3 Å². The molecule has 4 heteroatoms. The first-order valence-corrected chi connectivity index (χ1v) is 5.16. The maximum Gasteiger partial charge on any atom is 0.106 e. The number of aryl methyl sites for hydroxylation is 1. The summed E-state index contributed by atoms with van der Waals surface area (Å²) in [4.78, 5) is 7.57. The van der Waals surface area contributed by atoms with Crippen molar-refractivity contribution >= 4 is 0 Å². The Morgan fingerprint density at radius 1 is 1.40 bits per heavy atom. The van der Waals surface area contributed by atoms with Crippen LogP contribution in [-0.4, -0.2) is 16.5 Å². The van der Waals surface area contributed by atoms with Gasteiger partial charge in [-0.2, -0.15) is 0 Å². The second-order valence-electron chi connectivity index (χ2n) is 3.50. The number of furan rings is 1. The number of nitrogens with zero attached hydrogens (tertiary/aromatic N) is 1. The minimum absolute atomic E-state index is 0.745. The van der Waals surface area contributed by atoms with Crippen LogP contribution in [0.1, 0.15) is 18.7 Å². The molecule has 2 rings (SSSR count). The Morgan fingerprint density at radius 2 is 2.33 bits per heavy atom. The van der Waals surface area contributed by atoms with Gasteiger partial charge < -0.3 is 15.1 Å². The molecule has 0 unspecified atom stereocenters. The van der Waals surface area contributed by atoms with Crippen molar-refractivity contribution in [3.05, 3.63) is 30.6 Å². The molecular weight excluding hydrogens is 190 g/mol. The molecule has 0 bridgehead atoms. The Labute approximate surface area is 88.5 Å². The van der Waals surface area contributed by atoms with Crippen LogP contribution in [0.4, 0.5) is 0 Å². The minimum atomic E-state index is 0.745. The first-order chi connectivity index (χ1) is 7.40. The van der Waals surface area contributed by atoms with Gasteiger partial charge in [0, 0.05) is 12.0 Å². The summed E-state index contributed by atoms with van der Waals surface area (Å²) < 4.78 is 5.01. The van der Waals surface area contributed by atoms with E-state index in [0.29, 0.717) is 0 Å². The van der Waals surface area contributed by atoms with E-state index in [1.807, 2.05) is 12.3 Å². The van der Waals surface area contributed by atoms with Gasteiger partial charge in [-0.25, -0.2) is 4.98 Å². The summed E-state index contributed by atoms with van der Waals surface area (Å²) in [5.41, 5.74) is 7.47. The molecule has 2 aromatic heterocycles. The lowest BCUT2D eigenvalue weighted by Crippen LogP contribution is -1.99. The third-order valence-corrected chi connectivity index (χ3v) is 2.33. The molecular formula is C11H15N3O. The fourth-order valence-corrected chi connectivity index (χ4v) is 1.49. The molecule has 2 heterocycles. The fourth-order valence-electron chi connectivity index (χ4n) is 1.49. The number of hydrogen-bond acceptors (Lipinski definition) is 3. The topological polar surface area (TPSA) is 67.8 Å². The first-order valence-electron chi connectivity index (χ1n) is 5.16. The van der Waals surface area contributed by atoms with Gasteiger partial charge in [-0.05, 0) is 25.5 Å². The van der Waals surface area contributed by atoms with E-state index in [0.717, 1.165) is 42.9 Å². The van der Waals surface area contributed by atoms with Gasteiger partial charge >= 0.3 is 0 Å². The predicted molar refractivity (Wildman–Crippen MR) is 58.3 cm³/mol. The highest BCUT2D eigenvalue weighted by molar-refractivity contribution is 5.56. The molecule has 0 aliphatic heterocycles. The molecule has 3 N–H and O–H groups in total. The van der Waals surface area contributed by atoms with E-state index in [4.69, 9.17) is 10.2 Å². The summed E-state index contributed by atoms with van der Waals surface area (Å²) in [6, 6.07) is 1.91. The smallest absolute Gasteiger partial charge is 0.106 e. The van der Waals surface area contributed by atoms with E-state index < -0.39 is 0 Å². The summed E-state index contributed by atoms with van der Waals surface area (Å²) in [5, 5.41) is 0. The summed E-state index contributed by atoms with van der Waals surface area (Å²) in [6.07, 6.45) is 8.27. The molecule has 0 radical (unpaired) electrons. The number of imidazole rings is 1. The van der Waals surface area contributed by atoms with Gasteiger partial charge in [-0.3, -0.25) is 0 Å². The lowest BCUT2D eigenvalue weighted by atomic mass is 10.2. The Kier molecular flexibility index (Phi) is 3.19. The number of nitrogens with two attached hydrogens (primary N) is 1. The molecule has 4 nitrogen and oxygen atoms in total. The zero-order chi connectivity index (χ0) is 10.5. The fraction of sp³-hybridized carbons (Fsp3) is 0.364. The van der Waals surface area contributed by atoms with Crippen molar-refractivity contribution in [1.82, 2.24) is 9.97 Å². The van der Waals surface area contributed by atoms with Crippen LogP contribution < -0.4 is 5.73 Å². The van der Waals surface area contributed by atoms with Crippen LogP contribution in [0.25, 0.3) is 11.3 Å². The van der Waals surface area contributed by atoms with Crippen LogP contribution in [0.5, 0.6) is 0 Å². The third-order valence-electron chi connectivity index (χ3n) is 2.33. The second-order valence-corrected chi connectivity index (χ2v) is 3.50. The third kappa shape index (κ3) is 2.47. The number of aromatic amines is 1. The molecule has 0 aliphatic rings. The van der Waals surface area contributed by atoms with E-state index in [9.17, 15) is 0 Å². The molecule has 0 aliphatic carbocycles. The van der Waals surface area contributed by atoms with E-state index in [1.54, 1.807) is 12.5 Å². The van der Waals surface area contributed by atoms with Gasteiger partial charge in [-0.1, -0.05) is 0 Å². The Bertz CT molecular complexity index is 392. The quantitative estimate of drug-likeness (QED) is 0.733. The summed E-state index contributed by atoms with van der Waals surface area (Å²) in [6.45, 7) is 0.745. The Morgan fingerprint density at radius 3 is 3.07 bits per heavy atom. The summed E-state index contributed by atoms with van der Waals surface area (Å²) in [7, 11) is 0. The molecule has 0 fully saturated rings. The molecule has 0 aromatic carbocycles. The summed E-state index contributed by atoms with van der Waals surface area (Å²) in [5.74, 6) is 1.01. The monoisotopic (exact) mass is 205 g/mol. The predicted octanol–water partition coefficient (Wildman–Crippen LogP) is 1.95. The first kappa shape index (κ1) is 9.98. The van der Waals surface area contributed by atoms with Gasteiger partial charge in [0.1, 0.15) is 5.82 Å². The maximum atomic E-state index is 5.43. The van der Waals surface area contributed by atoms with Gasteiger partial charge in [0.25, 0.3) is 0 Å². The van der Waals surface area contributed by atoms with Crippen molar-refractivity contribution < 1.29 is 4.42 Å². The van der Waals surface area contributed by atoms with Crippen LogP contribution in [-0.2, 0) is 6.42 Å². The van der Waals surface area contributed by atoms with Gasteiger partial charge in [-0.15, -0.1) is 0 Å². The minimum Gasteiger partial charge on any atom is -0.472 e. The highest BCUT2D eigenvalue weighted by atomic mass is 16.3. The SMILES string of the molecule is NCCCCc1ncc(-c2ccoc2)[nH]1. The van der Waals surface area contributed by atoms with E-state index >= 15 is 0 Å². The van der Waals surface area contributed by atoms with Crippen LogP contribution in [0, 0.1) is 0 Å². The molecule has 0 saturated carbocycles. The van der Waals surface area contributed by atoms with Crippen LogP contribution in [0.3, 0.4) is 0 Å². The molecule has 0 spiro atoms. The number of rotatable bonds is 5. The number of H-pyrrole nitrogens is 1. The molecule has 0 atom stereocenters. The van der Waals surface area contributed by atoms with Crippen LogP contribution in [0.2, 0.25) is 0 Å². The standard InChI is InChI=1S/C11H15N3O/c12-5-2-1-3-11-13-7-10(14-11)9-4-6-15-8-9/h4,6-8H,1-3,5,12H2,(H,13,14). The van der Waals surface area contributed by atoms with Crippen LogP contribution >= 0.6 is 0 Å². The lowest BCUT2D eigenvalue weighted by molar-refractivity contribution is 0.568. The Balaban J connectivity index is 1.98. The van der Waals surface area contributed by atoms with Crippen molar-refractivity contribution in [2.75, 3.05) is 6.54 Å². The second kappa shape index (κ2) is 4.79. The maximum absolute atomic E-state index is 5.43. The number of aromatic nitrogens is 2. The highest BCUT2D eigenvalue weighted by Gasteiger charge is 2.03. The van der Waals surface area contributed by atoms with E-state index in [1.165, 1.54) is 0 Å². The van der Waals surface area contributed by atoms with Crippen molar-refractivity contribution in [3.8, 4) is 11.3 Å². The van der Waals surface area contributed by atoms with Crippen molar-refractivity contribution in [2.24, 2.45) is 5.73 Å². The average Bonchev–Trinajstić information content (AvgIpc) is 2.87. The van der Waals surface area contributed by atoms with E-state index in [-0.39, 0.29) is 0 Å². The van der Waals surface area contributed by atoms with Gasteiger partial charge in [0.15, 0.2) is 0 Å². The van der Waals surface area contributed by atoms with Gasteiger partial charge in [0.2, 0.25) is 0 Å². The molecule has 80 valence electrons. The van der Waals surface area contributed by atoms with Crippen molar-refractivity contribution in [1.29, 1.82) is 0 Å². The van der Waals surface area contributed by atoms with Gasteiger partial charge in [0.05, 0.1) is 24.4 Å². The average molecular weight is 205 g/mol. The molecule has 0 saturated heterocycles. The normalized spacial score (nSPS) is 10.7. The number of nitrogens with one attached hydrogen (secondary N) is 1. The van der Waals surface area contributed by atoms with Crippen LogP contribution in [0.15, 0.2) is 29.2 Å². The zero-order valence-corrected chi connectivity index (χ0v) is 8.57. The molecule has 15 heavy (non-hydrogen) atoms. The Hall–Kier alpha value is -1.55. The largest absolute Gasteiger partial charge is 0.472 e. The lowest BCUT2D eigenvalue weighted by Gasteiger charge is -1.95. The highest BCUT2D eigenvalue weighted by Crippen LogP contribution is 2.17. The van der Waals surface area contributed by atoms with Crippen molar-refractivity contribution in [3.63, 3.8) is 0 Å². The summed E-state index contributed by atoms with van der Waals surface area (Å²) >= 11 is 0. The molecule has 2 aromatic rings. The zero-order valence-electron chi connectivity index (χ0n) is 8.57. The molecule has 0 amide bonds.